The maximum absolute atomic E-state index is 12.5. The molecule has 114 valence electrons. The number of aliphatic carboxylic acids is 1. The first-order valence-corrected chi connectivity index (χ1v) is 7.50. The van der Waals surface area contributed by atoms with E-state index in [0.717, 1.165) is 18.4 Å². The molecule has 21 heavy (non-hydrogen) atoms. The second kappa shape index (κ2) is 6.74. The fourth-order valence-electron chi connectivity index (χ4n) is 3.00. The summed E-state index contributed by atoms with van der Waals surface area (Å²) < 4.78 is 0. The van der Waals surface area contributed by atoms with Crippen molar-refractivity contribution in [2.75, 3.05) is 7.05 Å². The number of carboxylic acids is 1. The number of hydrogen-bond acceptors (Lipinski definition) is 2. The summed E-state index contributed by atoms with van der Waals surface area (Å²) >= 11 is 0. The van der Waals surface area contributed by atoms with Gasteiger partial charge in [-0.3, -0.25) is 9.59 Å². The lowest BCUT2D eigenvalue weighted by Crippen LogP contribution is -2.36. The zero-order chi connectivity index (χ0) is 15.4. The summed E-state index contributed by atoms with van der Waals surface area (Å²) in [5, 5.41) is 9.11. The van der Waals surface area contributed by atoms with E-state index >= 15 is 0 Å². The molecule has 0 spiro atoms. The standard InChI is InChI=1S/C17H23NO3/c1-12-6-8-13(9-7-12)11-18(2)16(19)14-4-3-5-15(10-14)17(20)21/h6-9,14-15H,3-5,10-11H2,1-2H3,(H,20,21). The Hall–Kier alpha value is -1.84. The van der Waals surface area contributed by atoms with E-state index in [9.17, 15) is 9.59 Å². The number of carbonyl (C=O) groups is 2. The van der Waals surface area contributed by atoms with Crippen molar-refractivity contribution < 1.29 is 14.7 Å². The lowest BCUT2D eigenvalue weighted by atomic mass is 9.81. The Morgan fingerprint density at radius 2 is 1.81 bits per heavy atom. The van der Waals surface area contributed by atoms with Crippen LogP contribution < -0.4 is 0 Å². The van der Waals surface area contributed by atoms with Gasteiger partial charge in [0.05, 0.1) is 5.92 Å². The Labute approximate surface area is 125 Å². The third kappa shape index (κ3) is 4.06. The van der Waals surface area contributed by atoms with Gasteiger partial charge < -0.3 is 10.0 Å². The summed E-state index contributed by atoms with van der Waals surface area (Å²) in [5.41, 5.74) is 2.30. The van der Waals surface area contributed by atoms with Crippen molar-refractivity contribution in [1.82, 2.24) is 4.90 Å². The van der Waals surface area contributed by atoms with E-state index in [-0.39, 0.29) is 17.7 Å². The predicted octanol–water partition coefficient (Wildman–Crippen LogP) is 2.84. The van der Waals surface area contributed by atoms with Gasteiger partial charge in [0.1, 0.15) is 0 Å². The van der Waals surface area contributed by atoms with Crippen LogP contribution in [0.5, 0.6) is 0 Å². The second-order valence-corrected chi connectivity index (χ2v) is 6.08. The molecule has 1 saturated carbocycles. The molecule has 0 radical (unpaired) electrons. The molecule has 1 N–H and O–H groups in total. The number of carboxylic acid groups (broad SMARTS) is 1. The number of amides is 1. The van der Waals surface area contributed by atoms with Gasteiger partial charge in [0.2, 0.25) is 5.91 Å². The number of aryl methyl sites for hydroxylation is 1. The summed E-state index contributed by atoms with van der Waals surface area (Å²) in [6.45, 7) is 2.61. The fourth-order valence-corrected chi connectivity index (χ4v) is 3.00. The van der Waals surface area contributed by atoms with Crippen LogP contribution in [0, 0.1) is 18.8 Å². The van der Waals surface area contributed by atoms with Crippen molar-refractivity contribution in [3.8, 4) is 0 Å². The van der Waals surface area contributed by atoms with Crippen molar-refractivity contribution in [2.45, 2.75) is 39.2 Å². The number of rotatable bonds is 4. The molecule has 0 saturated heterocycles. The third-order valence-electron chi connectivity index (χ3n) is 4.29. The SMILES string of the molecule is Cc1ccc(CN(C)C(=O)C2CCCC(C(=O)O)C2)cc1. The Morgan fingerprint density at radius 1 is 1.19 bits per heavy atom. The lowest BCUT2D eigenvalue weighted by molar-refractivity contribution is -0.145. The zero-order valence-corrected chi connectivity index (χ0v) is 12.7. The molecule has 0 aliphatic heterocycles. The van der Waals surface area contributed by atoms with E-state index in [4.69, 9.17) is 5.11 Å². The molecular formula is C17H23NO3. The van der Waals surface area contributed by atoms with Crippen LogP contribution in [0.1, 0.15) is 36.8 Å². The summed E-state index contributed by atoms with van der Waals surface area (Å²) in [5.74, 6) is -1.20. The van der Waals surface area contributed by atoms with Gasteiger partial charge in [-0.1, -0.05) is 36.2 Å². The molecule has 1 amide bonds. The van der Waals surface area contributed by atoms with E-state index in [1.807, 2.05) is 31.2 Å². The highest BCUT2D eigenvalue weighted by Crippen LogP contribution is 2.30. The molecule has 1 aliphatic rings. The van der Waals surface area contributed by atoms with Gasteiger partial charge in [-0.25, -0.2) is 0 Å². The van der Waals surface area contributed by atoms with E-state index in [2.05, 4.69) is 0 Å². The van der Waals surface area contributed by atoms with Gasteiger partial charge >= 0.3 is 5.97 Å². The monoisotopic (exact) mass is 289 g/mol. The molecule has 0 aromatic heterocycles. The zero-order valence-electron chi connectivity index (χ0n) is 12.7. The molecule has 1 aromatic carbocycles. The topological polar surface area (TPSA) is 57.6 Å². The average molecular weight is 289 g/mol. The molecule has 2 unspecified atom stereocenters. The second-order valence-electron chi connectivity index (χ2n) is 6.08. The first kappa shape index (κ1) is 15.5. The van der Waals surface area contributed by atoms with Crippen LogP contribution in [0.2, 0.25) is 0 Å². The van der Waals surface area contributed by atoms with Gasteiger partial charge in [-0.05, 0) is 31.7 Å². The van der Waals surface area contributed by atoms with Gasteiger partial charge in [0, 0.05) is 19.5 Å². The van der Waals surface area contributed by atoms with Crippen LogP contribution in [-0.4, -0.2) is 28.9 Å². The van der Waals surface area contributed by atoms with Crippen LogP contribution >= 0.6 is 0 Å². The minimum atomic E-state index is -0.770. The van der Waals surface area contributed by atoms with E-state index in [1.54, 1.807) is 11.9 Å². The highest BCUT2D eigenvalue weighted by molar-refractivity contribution is 5.80. The minimum absolute atomic E-state index is 0.0709. The van der Waals surface area contributed by atoms with Crippen LogP contribution in [0.4, 0.5) is 0 Å². The normalized spacial score (nSPS) is 21.8. The van der Waals surface area contributed by atoms with E-state index in [1.165, 1.54) is 5.56 Å². The van der Waals surface area contributed by atoms with Gasteiger partial charge in [-0.2, -0.15) is 0 Å². The molecule has 4 heteroatoms. The maximum Gasteiger partial charge on any atom is 0.306 e. The largest absolute Gasteiger partial charge is 0.481 e. The summed E-state index contributed by atoms with van der Waals surface area (Å²) in [7, 11) is 1.80. The molecule has 4 nitrogen and oxygen atoms in total. The average Bonchev–Trinajstić information content (AvgIpc) is 2.49. The van der Waals surface area contributed by atoms with Crippen molar-refractivity contribution in [2.24, 2.45) is 11.8 Å². The quantitative estimate of drug-likeness (QED) is 0.927. The Bertz CT molecular complexity index is 509. The maximum atomic E-state index is 12.5. The molecule has 1 aliphatic carbocycles. The van der Waals surface area contributed by atoms with Crippen LogP contribution in [0.15, 0.2) is 24.3 Å². The van der Waals surface area contributed by atoms with E-state index < -0.39 is 5.97 Å². The first-order valence-electron chi connectivity index (χ1n) is 7.50. The number of carbonyl (C=O) groups excluding carboxylic acids is 1. The highest BCUT2D eigenvalue weighted by atomic mass is 16.4. The fraction of sp³-hybridized carbons (Fsp3) is 0.529. The third-order valence-corrected chi connectivity index (χ3v) is 4.29. The van der Waals surface area contributed by atoms with E-state index in [0.29, 0.717) is 19.4 Å². The molecule has 1 aromatic rings. The predicted molar refractivity (Wildman–Crippen MR) is 80.7 cm³/mol. The first-order chi connectivity index (χ1) is 9.97. The molecule has 0 heterocycles. The summed E-state index contributed by atoms with van der Waals surface area (Å²) in [6.07, 6.45) is 2.81. The number of nitrogens with zero attached hydrogens (tertiary/aromatic N) is 1. The van der Waals surface area contributed by atoms with Crippen LogP contribution in [0.3, 0.4) is 0 Å². The Kier molecular flexibility index (Phi) is 4.99. The molecule has 1 fully saturated rings. The molecule has 2 rings (SSSR count). The smallest absolute Gasteiger partial charge is 0.306 e. The lowest BCUT2D eigenvalue weighted by Gasteiger charge is -2.29. The molecule has 2 atom stereocenters. The Morgan fingerprint density at radius 3 is 2.43 bits per heavy atom. The Balaban J connectivity index is 1.95. The van der Waals surface area contributed by atoms with Gasteiger partial charge in [-0.15, -0.1) is 0 Å². The minimum Gasteiger partial charge on any atom is -0.481 e. The van der Waals surface area contributed by atoms with Crippen molar-refractivity contribution in [3.05, 3.63) is 35.4 Å². The summed E-state index contributed by atoms with van der Waals surface area (Å²) in [6, 6.07) is 8.13. The van der Waals surface area contributed by atoms with Crippen LogP contribution in [0.25, 0.3) is 0 Å². The van der Waals surface area contributed by atoms with Gasteiger partial charge in [0.15, 0.2) is 0 Å². The van der Waals surface area contributed by atoms with Crippen molar-refractivity contribution >= 4 is 11.9 Å². The van der Waals surface area contributed by atoms with Crippen LogP contribution in [-0.2, 0) is 16.1 Å². The van der Waals surface area contributed by atoms with Crippen molar-refractivity contribution in [3.63, 3.8) is 0 Å². The number of benzene rings is 1. The highest BCUT2D eigenvalue weighted by Gasteiger charge is 2.32. The van der Waals surface area contributed by atoms with Gasteiger partial charge in [0.25, 0.3) is 0 Å². The van der Waals surface area contributed by atoms with Crippen molar-refractivity contribution in [1.29, 1.82) is 0 Å². The molecule has 0 bridgehead atoms. The molecular weight excluding hydrogens is 266 g/mol. The number of hydrogen-bond donors (Lipinski definition) is 1. The summed E-state index contributed by atoms with van der Waals surface area (Å²) in [4.78, 5) is 25.3.